The molecular weight excluding hydrogens is 728 g/mol. The van der Waals surface area contributed by atoms with Gasteiger partial charge in [0.1, 0.15) is 46.4 Å². The first-order chi connectivity index (χ1) is 25.6. The van der Waals surface area contributed by atoms with Gasteiger partial charge in [-0.25, -0.2) is 22.0 Å². The fraction of sp³-hybridized carbons (Fsp3) is 0.541. The zero-order valence-corrected chi connectivity index (χ0v) is 30.9. The van der Waals surface area contributed by atoms with Gasteiger partial charge in [0.25, 0.3) is 5.91 Å². The molecule has 0 radical (unpaired) electrons. The Labute approximate surface area is 310 Å². The number of likely N-dealkylation sites (tertiary alicyclic amines) is 1. The van der Waals surface area contributed by atoms with E-state index in [1.165, 1.54) is 4.90 Å². The largest absolute Gasteiger partial charge is 0.456 e. The summed E-state index contributed by atoms with van der Waals surface area (Å²) < 4.78 is 66.8. The predicted molar refractivity (Wildman–Crippen MR) is 190 cm³/mol. The molecule has 1 saturated heterocycles. The first-order valence-corrected chi connectivity index (χ1v) is 19.7. The van der Waals surface area contributed by atoms with E-state index in [2.05, 4.69) is 15.8 Å². The summed E-state index contributed by atoms with van der Waals surface area (Å²) in [5, 5.41) is 10.5. The van der Waals surface area contributed by atoms with Crippen molar-refractivity contribution in [1.29, 1.82) is 0 Å². The molecule has 54 heavy (non-hydrogen) atoms. The first kappa shape index (κ1) is 37.5. The number of hydrogen-bond donors (Lipinski definition) is 3. The lowest BCUT2D eigenvalue weighted by Crippen LogP contribution is -2.60. The maximum atomic E-state index is 14.4. The van der Waals surface area contributed by atoms with Crippen molar-refractivity contribution in [3.8, 4) is 0 Å². The molecule has 0 spiro atoms. The number of amides is 4. The van der Waals surface area contributed by atoms with E-state index < -0.39 is 87.0 Å². The Morgan fingerprint density at radius 2 is 1.59 bits per heavy atom. The van der Waals surface area contributed by atoms with Gasteiger partial charge in [0, 0.05) is 17.2 Å². The average Bonchev–Trinajstić information content (AvgIpc) is 4.03. The van der Waals surface area contributed by atoms with E-state index in [9.17, 15) is 36.4 Å². The second kappa shape index (κ2) is 14.1. The number of nitrogens with one attached hydrogen (secondary N) is 3. The number of para-hydroxylation sites is 2. The molecule has 14 nitrogen and oxygen atoms in total. The van der Waals surface area contributed by atoms with Gasteiger partial charge in [0.2, 0.25) is 28.3 Å². The molecule has 2 heterocycles. The number of hydrogen-bond acceptors (Lipinski definition) is 10. The minimum Gasteiger partial charge on any atom is -0.456 e. The quantitative estimate of drug-likeness (QED) is 0.193. The Morgan fingerprint density at radius 3 is 2.13 bits per heavy atom. The molecule has 4 amide bonds. The van der Waals surface area contributed by atoms with Crippen molar-refractivity contribution in [2.75, 3.05) is 6.54 Å². The van der Waals surface area contributed by atoms with Gasteiger partial charge in [-0.15, -0.1) is 0 Å². The summed E-state index contributed by atoms with van der Waals surface area (Å²) in [7, 11) is -4.13. The van der Waals surface area contributed by atoms with Gasteiger partial charge < -0.3 is 29.5 Å². The molecule has 290 valence electrons. The zero-order valence-electron chi connectivity index (χ0n) is 30.0. The highest BCUT2D eigenvalue weighted by Crippen LogP contribution is 2.48. The van der Waals surface area contributed by atoms with E-state index in [1.54, 1.807) is 45.0 Å². The fourth-order valence-electron chi connectivity index (χ4n) is 7.00. The lowest BCUT2D eigenvalue weighted by molar-refractivity contribution is -0.143. The third-order valence-corrected chi connectivity index (χ3v) is 12.4. The maximum absolute atomic E-state index is 14.4. The summed E-state index contributed by atoms with van der Waals surface area (Å²) in [5.74, 6) is -4.55. The van der Waals surface area contributed by atoms with Crippen LogP contribution in [0.2, 0.25) is 0 Å². The van der Waals surface area contributed by atoms with Crippen LogP contribution in [0.3, 0.4) is 0 Å². The van der Waals surface area contributed by atoms with E-state index in [0.717, 1.165) is 6.42 Å². The van der Waals surface area contributed by atoms with Gasteiger partial charge in [0.05, 0.1) is 17.7 Å². The SMILES string of the molecule is CC(C)(C)[C@H](NC(=O)OC1CCC1)C(=O)N1C[C@H](ON=c2c3ccccc3oc3ccccc23)C[C@H]1C(=O)N[C@@]1(C(=O)NS(=O)(=O)C2CC2)C[C@H]1C(F)F. The molecule has 3 saturated carbocycles. The summed E-state index contributed by atoms with van der Waals surface area (Å²) >= 11 is 0. The Morgan fingerprint density at radius 1 is 0.963 bits per heavy atom. The van der Waals surface area contributed by atoms with E-state index in [0.29, 0.717) is 53.0 Å². The second-order valence-electron chi connectivity index (χ2n) is 15.7. The van der Waals surface area contributed by atoms with Crippen molar-refractivity contribution in [2.45, 2.75) is 107 Å². The molecule has 4 aliphatic rings. The van der Waals surface area contributed by atoms with Gasteiger partial charge in [-0.3, -0.25) is 19.1 Å². The molecule has 7 rings (SSSR count). The Kier molecular flexibility index (Phi) is 9.81. The van der Waals surface area contributed by atoms with Crippen LogP contribution in [-0.4, -0.2) is 85.2 Å². The van der Waals surface area contributed by atoms with E-state index >= 15 is 0 Å². The van der Waals surface area contributed by atoms with Crippen LogP contribution in [0.5, 0.6) is 0 Å². The highest BCUT2D eigenvalue weighted by atomic mass is 32.2. The number of ether oxygens (including phenoxy) is 1. The number of alkyl carbamates (subject to hydrolysis) is 1. The zero-order chi connectivity index (χ0) is 38.6. The molecule has 3 aromatic rings. The van der Waals surface area contributed by atoms with Crippen molar-refractivity contribution < 1.29 is 50.4 Å². The minimum atomic E-state index is -4.13. The molecule has 1 aromatic heterocycles. The van der Waals surface area contributed by atoms with Crippen molar-refractivity contribution in [1.82, 2.24) is 20.3 Å². The van der Waals surface area contributed by atoms with Crippen molar-refractivity contribution >= 4 is 55.8 Å². The van der Waals surface area contributed by atoms with E-state index in [4.69, 9.17) is 14.0 Å². The number of sulfonamides is 1. The number of nitrogens with zero attached hydrogens (tertiary/aromatic N) is 2. The summed E-state index contributed by atoms with van der Waals surface area (Å²) in [6.45, 7) is 4.97. The van der Waals surface area contributed by atoms with Gasteiger partial charge in [-0.1, -0.05) is 50.2 Å². The van der Waals surface area contributed by atoms with Crippen LogP contribution in [-0.2, 0) is 34.0 Å². The van der Waals surface area contributed by atoms with Crippen molar-refractivity contribution in [3.05, 3.63) is 53.9 Å². The topological polar surface area (TPSA) is 186 Å². The number of fused-ring (bicyclic) bond motifs is 2. The normalized spacial score (nSPS) is 24.8. The van der Waals surface area contributed by atoms with Crippen molar-refractivity contribution in [3.63, 3.8) is 0 Å². The van der Waals surface area contributed by atoms with E-state index in [-0.39, 0.29) is 19.1 Å². The maximum Gasteiger partial charge on any atom is 0.408 e. The molecule has 17 heteroatoms. The van der Waals surface area contributed by atoms with Crippen LogP contribution in [0.4, 0.5) is 13.6 Å². The van der Waals surface area contributed by atoms with Gasteiger partial charge in [0.15, 0.2) is 0 Å². The standard InChI is InChI=1S/C37H43F2N5O9S/c1-36(2,3)30(40-35(48)51-20-9-8-10-20)33(46)44-19-21(53-42-29-23-11-4-6-13-27(23)52-28-14-7-5-12-24(28)29)17-26(44)32(45)41-37(18-25(37)31(38)39)34(47)43-54(49,50)22-15-16-22/h4-7,11-14,20-22,25-26,30-31H,8-10,15-19H2,1-3H3,(H,40,48)(H,41,45)(H,43,47)/t21-,25+,26+,30-,37+/m1/s1. The highest BCUT2D eigenvalue weighted by Gasteiger charge is 2.67. The van der Waals surface area contributed by atoms with Crippen LogP contribution in [0.15, 0.2) is 58.1 Å². The first-order valence-electron chi connectivity index (χ1n) is 18.1. The number of halogens is 2. The third kappa shape index (κ3) is 7.46. The summed E-state index contributed by atoms with van der Waals surface area (Å²) in [6.07, 6.45) is -2.72. The minimum absolute atomic E-state index is 0.172. The number of rotatable bonds is 11. The Balaban J connectivity index is 1.20. The van der Waals surface area contributed by atoms with Crippen LogP contribution in [0.25, 0.3) is 21.9 Å². The molecule has 0 unspecified atom stereocenters. The lowest BCUT2D eigenvalue weighted by Gasteiger charge is -2.36. The molecule has 1 aliphatic heterocycles. The Bertz CT molecular complexity index is 2110. The molecule has 4 fully saturated rings. The molecular formula is C37H43F2N5O9S. The predicted octanol–water partition coefficient (Wildman–Crippen LogP) is 3.83. The number of alkyl halides is 2. The summed E-state index contributed by atoms with van der Waals surface area (Å²) in [5.41, 5.74) is -2.03. The van der Waals surface area contributed by atoms with Crippen LogP contribution >= 0.6 is 0 Å². The van der Waals surface area contributed by atoms with E-state index in [1.807, 2.05) is 29.0 Å². The van der Waals surface area contributed by atoms with Crippen LogP contribution in [0, 0.1) is 11.3 Å². The molecule has 0 bridgehead atoms. The number of carbonyl (C=O) groups is 4. The fourth-order valence-corrected chi connectivity index (χ4v) is 8.37. The molecule has 5 atom stereocenters. The summed E-state index contributed by atoms with van der Waals surface area (Å²) in [6, 6.07) is 11.8. The van der Waals surface area contributed by atoms with Gasteiger partial charge >= 0.3 is 6.09 Å². The third-order valence-electron chi connectivity index (χ3n) is 10.6. The molecule has 3 N–H and O–H groups in total. The monoisotopic (exact) mass is 771 g/mol. The molecule has 2 aromatic carbocycles. The number of benzene rings is 2. The summed E-state index contributed by atoms with van der Waals surface area (Å²) in [4.78, 5) is 62.1. The second-order valence-corrected chi connectivity index (χ2v) is 17.6. The smallest absolute Gasteiger partial charge is 0.408 e. The van der Waals surface area contributed by atoms with Gasteiger partial charge in [-0.2, -0.15) is 0 Å². The Hall–Kier alpha value is -4.80. The molecule has 3 aliphatic carbocycles. The van der Waals surface area contributed by atoms with Gasteiger partial charge in [-0.05, 0) is 68.2 Å². The van der Waals surface area contributed by atoms with Crippen molar-refractivity contribution in [2.24, 2.45) is 16.5 Å². The van der Waals surface area contributed by atoms with Crippen LogP contribution < -0.4 is 20.7 Å². The van der Waals surface area contributed by atoms with Crippen LogP contribution in [0.1, 0.15) is 65.7 Å². The highest BCUT2D eigenvalue weighted by molar-refractivity contribution is 7.91. The number of carbonyl (C=O) groups excluding carboxylic acids is 4. The average molecular weight is 772 g/mol. The lowest BCUT2D eigenvalue weighted by atomic mass is 9.85.